The Hall–Kier alpha value is -1.52. The number of likely N-dealkylation sites (tertiary alicyclic amines) is 1. The van der Waals surface area contributed by atoms with Gasteiger partial charge in [-0.2, -0.15) is 5.10 Å². The second-order valence-electron chi connectivity index (χ2n) is 7.10. The van der Waals surface area contributed by atoms with Crippen molar-refractivity contribution in [1.29, 1.82) is 0 Å². The summed E-state index contributed by atoms with van der Waals surface area (Å²) in [6.07, 6.45) is 7.34. The molecule has 1 unspecified atom stereocenters. The Balaban J connectivity index is 1.83. The van der Waals surface area contributed by atoms with Crippen LogP contribution in [-0.4, -0.2) is 34.3 Å². The van der Waals surface area contributed by atoms with Gasteiger partial charge in [-0.25, -0.2) is 4.68 Å². The average Bonchev–Trinajstić information content (AvgIpc) is 2.83. The lowest BCUT2D eigenvalue weighted by Gasteiger charge is -2.34. The van der Waals surface area contributed by atoms with Gasteiger partial charge in [0.15, 0.2) is 0 Å². The molecule has 134 valence electrons. The first-order chi connectivity index (χ1) is 12.3. The van der Waals surface area contributed by atoms with E-state index in [1.807, 2.05) is 18.2 Å². The molecule has 0 bridgehead atoms. The van der Waals surface area contributed by atoms with Crippen molar-refractivity contribution in [1.82, 2.24) is 14.7 Å². The van der Waals surface area contributed by atoms with E-state index in [2.05, 4.69) is 27.9 Å². The second-order valence-corrected chi connectivity index (χ2v) is 7.51. The van der Waals surface area contributed by atoms with Crippen LogP contribution in [0.25, 0.3) is 5.69 Å². The van der Waals surface area contributed by atoms with E-state index in [-0.39, 0.29) is 0 Å². The molecule has 0 radical (unpaired) electrons. The highest BCUT2D eigenvalue weighted by Crippen LogP contribution is 2.38. The molecular formula is C20H27ClN4. The van der Waals surface area contributed by atoms with E-state index in [1.165, 1.54) is 49.9 Å². The fourth-order valence-electron chi connectivity index (χ4n) is 4.27. The van der Waals surface area contributed by atoms with E-state index in [4.69, 9.17) is 16.7 Å². The topological polar surface area (TPSA) is 33.1 Å². The van der Waals surface area contributed by atoms with Crippen LogP contribution in [0.4, 0.5) is 5.82 Å². The van der Waals surface area contributed by atoms with Gasteiger partial charge in [-0.1, -0.05) is 37.1 Å². The summed E-state index contributed by atoms with van der Waals surface area (Å²) in [5.41, 5.74) is 3.65. The fourth-order valence-corrected chi connectivity index (χ4v) is 4.49. The molecule has 2 aliphatic rings. The third kappa shape index (κ3) is 3.18. The summed E-state index contributed by atoms with van der Waals surface area (Å²) in [5.74, 6) is 1.15. The Labute approximate surface area is 155 Å². The van der Waals surface area contributed by atoms with Crippen LogP contribution in [0.15, 0.2) is 24.3 Å². The number of nitrogens with one attached hydrogen (secondary N) is 1. The number of hydrogen-bond acceptors (Lipinski definition) is 3. The van der Waals surface area contributed by atoms with Gasteiger partial charge >= 0.3 is 0 Å². The minimum atomic E-state index is 0.441. The molecule has 4 rings (SSSR count). The maximum atomic E-state index is 6.49. The van der Waals surface area contributed by atoms with E-state index < -0.39 is 0 Å². The number of nitrogens with zero attached hydrogens (tertiary/aromatic N) is 3. The molecule has 0 amide bonds. The largest absolute Gasteiger partial charge is 0.370 e. The third-order valence-corrected chi connectivity index (χ3v) is 5.90. The van der Waals surface area contributed by atoms with Crippen molar-refractivity contribution in [3.63, 3.8) is 0 Å². The van der Waals surface area contributed by atoms with E-state index in [1.54, 1.807) is 0 Å². The first kappa shape index (κ1) is 16.9. The predicted molar refractivity (Wildman–Crippen MR) is 104 cm³/mol. The lowest BCUT2D eigenvalue weighted by atomic mass is 9.95. The summed E-state index contributed by atoms with van der Waals surface area (Å²) in [7, 11) is 0. The SMILES string of the molecule is CCN1CCCCC1c1nn(-c2ccccc2Cl)c2c1CCCCN2. The lowest BCUT2D eigenvalue weighted by Crippen LogP contribution is -2.33. The van der Waals surface area contributed by atoms with Crippen LogP contribution in [0.5, 0.6) is 0 Å². The fraction of sp³-hybridized carbons (Fsp3) is 0.550. The van der Waals surface area contributed by atoms with Gasteiger partial charge in [0.05, 0.1) is 22.4 Å². The zero-order valence-corrected chi connectivity index (χ0v) is 15.7. The number of aromatic nitrogens is 2. The van der Waals surface area contributed by atoms with Crippen LogP contribution < -0.4 is 5.32 Å². The van der Waals surface area contributed by atoms with Crippen molar-refractivity contribution in [2.24, 2.45) is 0 Å². The smallest absolute Gasteiger partial charge is 0.133 e. The van der Waals surface area contributed by atoms with Crippen LogP contribution in [0.2, 0.25) is 5.02 Å². The average molecular weight is 359 g/mol. The van der Waals surface area contributed by atoms with E-state index >= 15 is 0 Å². The molecule has 5 heteroatoms. The summed E-state index contributed by atoms with van der Waals surface area (Å²) in [6.45, 7) is 5.54. The summed E-state index contributed by atoms with van der Waals surface area (Å²) >= 11 is 6.49. The van der Waals surface area contributed by atoms with Gasteiger partial charge in [-0.15, -0.1) is 0 Å². The summed E-state index contributed by atoms with van der Waals surface area (Å²) < 4.78 is 2.06. The normalized spacial score (nSPS) is 21.4. The van der Waals surface area contributed by atoms with Crippen LogP contribution in [0.1, 0.15) is 56.3 Å². The van der Waals surface area contributed by atoms with Gasteiger partial charge in [-0.3, -0.25) is 4.90 Å². The first-order valence-electron chi connectivity index (χ1n) is 9.64. The number of fused-ring (bicyclic) bond motifs is 1. The number of benzene rings is 1. The number of rotatable bonds is 3. The van der Waals surface area contributed by atoms with Crippen molar-refractivity contribution in [2.75, 3.05) is 25.0 Å². The second kappa shape index (κ2) is 7.38. The zero-order valence-electron chi connectivity index (χ0n) is 15.0. The van der Waals surface area contributed by atoms with Crippen LogP contribution in [-0.2, 0) is 6.42 Å². The van der Waals surface area contributed by atoms with Gasteiger partial charge in [0.25, 0.3) is 0 Å². The van der Waals surface area contributed by atoms with E-state index in [9.17, 15) is 0 Å². The number of halogens is 1. The number of hydrogen-bond donors (Lipinski definition) is 1. The van der Waals surface area contributed by atoms with Gasteiger partial charge in [0.1, 0.15) is 5.82 Å². The summed E-state index contributed by atoms with van der Waals surface area (Å²) in [5, 5.41) is 9.50. The van der Waals surface area contributed by atoms with Gasteiger partial charge in [-0.05, 0) is 57.3 Å². The molecule has 1 N–H and O–H groups in total. The Morgan fingerprint density at radius 2 is 2.08 bits per heavy atom. The molecule has 3 heterocycles. The highest BCUT2D eigenvalue weighted by molar-refractivity contribution is 6.32. The van der Waals surface area contributed by atoms with Crippen molar-refractivity contribution in [3.05, 3.63) is 40.5 Å². The predicted octanol–water partition coefficient (Wildman–Crippen LogP) is 4.82. The highest BCUT2D eigenvalue weighted by Gasteiger charge is 2.31. The summed E-state index contributed by atoms with van der Waals surface area (Å²) in [6, 6.07) is 8.45. The molecule has 25 heavy (non-hydrogen) atoms. The van der Waals surface area contributed by atoms with Crippen LogP contribution in [0, 0.1) is 0 Å². The molecule has 0 spiro atoms. The van der Waals surface area contributed by atoms with Gasteiger partial charge in [0, 0.05) is 12.1 Å². The molecule has 1 fully saturated rings. The molecular weight excluding hydrogens is 332 g/mol. The van der Waals surface area contributed by atoms with Gasteiger partial charge in [0.2, 0.25) is 0 Å². The zero-order chi connectivity index (χ0) is 17.2. The minimum Gasteiger partial charge on any atom is -0.370 e. The van der Waals surface area contributed by atoms with Crippen LogP contribution >= 0.6 is 11.6 Å². The molecule has 1 aromatic heterocycles. The quantitative estimate of drug-likeness (QED) is 0.853. The van der Waals surface area contributed by atoms with Crippen molar-refractivity contribution in [3.8, 4) is 5.69 Å². The van der Waals surface area contributed by atoms with Gasteiger partial charge < -0.3 is 5.32 Å². The van der Waals surface area contributed by atoms with E-state index in [0.29, 0.717) is 6.04 Å². The third-order valence-electron chi connectivity index (χ3n) is 5.58. The molecule has 2 aromatic rings. The minimum absolute atomic E-state index is 0.441. The Bertz CT molecular complexity index is 739. The number of anilines is 1. The number of piperidine rings is 1. The first-order valence-corrected chi connectivity index (χ1v) is 10.0. The standard InChI is InChI=1S/C20H27ClN4/c1-2-24-14-8-6-12-18(24)19-15-9-5-7-13-22-20(15)25(23-19)17-11-4-3-10-16(17)21/h3-4,10-11,18,22H,2,5-9,12-14H2,1H3. The molecule has 4 nitrogen and oxygen atoms in total. The van der Waals surface area contributed by atoms with E-state index in [0.717, 1.165) is 36.0 Å². The van der Waals surface area contributed by atoms with Crippen molar-refractivity contribution < 1.29 is 0 Å². The number of para-hydroxylation sites is 1. The Morgan fingerprint density at radius 3 is 2.92 bits per heavy atom. The molecule has 2 aliphatic heterocycles. The maximum absolute atomic E-state index is 6.49. The molecule has 0 saturated carbocycles. The summed E-state index contributed by atoms with van der Waals surface area (Å²) in [4.78, 5) is 2.59. The highest BCUT2D eigenvalue weighted by atomic mass is 35.5. The molecule has 1 atom stereocenters. The van der Waals surface area contributed by atoms with Crippen molar-refractivity contribution in [2.45, 2.75) is 51.5 Å². The lowest BCUT2D eigenvalue weighted by molar-refractivity contribution is 0.152. The molecule has 1 aromatic carbocycles. The maximum Gasteiger partial charge on any atom is 0.133 e. The molecule has 1 saturated heterocycles. The monoisotopic (exact) mass is 358 g/mol. The molecule has 0 aliphatic carbocycles. The Morgan fingerprint density at radius 1 is 1.20 bits per heavy atom. The van der Waals surface area contributed by atoms with Crippen LogP contribution in [0.3, 0.4) is 0 Å². The van der Waals surface area contributed by atoms with Crippen molar-refractivity contribution >= 4 is 17.4 Å². The Kier molecular flexibility index (Phi) is 5.00.